The molecule has 406 valence electrons. The summed E-state index contributed by atoms with van der Waals surface area (Å²) in [5.41, 5.74) is 0. The number of carbonyl (C=O) groups excluding carboxylic acids is 2. The molecule has 0 radical (unpaired) electrons. The fourth-order valence-corrected chi connectivity index (χ4v) is 9.38. The molecule has 0 heterocycles. The number of aliphatic hydroxyl groups is 2. The van der Waals surface area contributed by atoms with E-state index in [1.54, 1.807) is 6.08 Å². The molecule has 2 atom stereocenters. The Bertz CT molecular complexity index is 1120. The highest BCUT2D eigenvalue weighted by molar-refractivity contribution is 5.76. The Kier molecular flexibility index (Phi) is 57.0. The SMILES string of the molecule is CCCC/C=C\CCCCCCCC(=O)OCCCCCCCCCCCCCC/C=C\CCCCCCCCCCC(=O)NC(CO)C(O)/C=C/CCCCCCCCCCCCCCCCC. The van der Waals surface area contributed by atoms with Crippen LogP contribution in [0.2, 0.25) is 0 Å². The Balaban J connectivity index is 3.44. The van der Waals surface area contributed by atoms with Gasteiger partial charge >= 0.3 is 5.97 Å². The van der Waals surface area contributed by atoms with Crippen LogP contribution in [0.25, 0.3) is 0 Å². The van der Waals surface area contributed by atoms with Crippen LogP contribution in [0.15, 0.2) is 36.5 Å². The average Bonchev–Trinajstić information content (AvgIpc) is 3.35. The summed E-state index contributed by atoms with van der Waals surface area (Å²) in [4.78, 5) is 24.5. The number of esters is 1. The number of nitrogens with one attached hydrogen (secondary N) is 1. The number of hydrogen-bond acceptors (Lipinski definition) is 5. The summed E-state index contributed by atoms with van der Waals surface area (Å²) < 4.78 is 5.46. The summed E-state index contributed by atoms with van der Waals surface area (Å²) in [5, 5.41) is 23.2. The predicted molar refractivity (Wildman–Crippen MR) is 301 cm³/mol. The molecule has 0 spiro atoms. The number of ether oxygens (including phenoxy) is 1. The van der Waals surface area contributed by atoms with Gasteiger partial charge in [0.2, 0.25) is 5.91 Å². The van der Waals surface area contributed by atoms with Gasteiger partial charge in [-0.25, -0.2) is 0 Å². The van der Waals surface area contributed by atoms with E-state index < -0.39 is 12.1 Å². The third-order valence-electron chi connectivity index (χ3n) is 14.1. The Hall–Kier alpha value is -1.92. The molecule has 0 saturated carbocycles. The van der Waals surface area contributed by atoms with E-state index in [4.69, 9.17) is 4.74 Å². The highest BCUT2D eigenvalue weighted by Crippen LogP contribution is 2.17. The third kappa shape index (κ3) is 55.2. The zero-order chi connectivity index (χ0) is 50.0. The largest absolute Gasteiger partial charge is 0.466 e. The molecule has 6 nitrogen and oxygen atoms in total. The maximum absolute atomic E-state index is 12.5. The summed E-state index contributed by atoms with van der Waals surface area (Å²) >= 11 is 0. The van der Waals surface area contributed by atoms with Crippen molar-refractivity contribution in [3.05, 3.63) is 36.5 Å². The van der Waals surface area contributed by atoms with E-state index in [9.17, 15) is 19.8 Å². The van der Waals surface area contributed by atoms with Crippen molar-refractivity contribution in [3.8, 4) is 0 Å². The number of carbonyl (C=O) groups is 2. The van der Waals surface area contributed by atoms with Crippen LogP contribution in [0.5, 0.6) is 0 Å². The van der Waals surface area contributed by atoms with Gasteiger partial charge in [0.05, 0.1) is 25.4 Å². The van der Waals surface area contributed by atoms with Crippen LogP contribution in [0.4, 0.5) is 0 Å². The number of aliphatic hydroxyl groups excluding tert-OH is 2. The Morgan fingerprint density at radius 1 is 0.391 bits per heavy atom. The molecule has 0 saturated heterocycles. The van der Waals surface area contributed by atoms with E-state index in [0.29, 0.717) is 19.4 Å². The molecule has 6 heteroatoms. The van der Waals surface area contributed by atoms with Crippen LogP contribution in [-0.4, -0.2) is 47.4 Å². The summed E-state index contributed by atoms with van der Waals surface area (Å²) in [7, 11) is 0. The summed E-state index contributed by atoms with van der Waals surface area (Å²) in [6.45, 7) is 4.88. The minimum atomic E-state index is -0.848. The lowest BCUT2D eigenvalue weighted by Crippen LogP contribution is -2.45. The standard InChI is InChI=1S/C63H119NO5/c1-3-5-7-9-11-13-15-16-17-26-29-32-36-39-43-47-51-55-61(66)60(59-65)64-62(67)56-52-48-44-40-37-33-30-27-24-22-20-18-19-21-23-25-28-31-34-38-42-46-50-54-58-69-63(68)57-53-49-45-41-35-14-12-10-8-6-4-2/h10,12,20,22,51,55,60-61,65-66H,3-9,11,13-19,21,23-50,52-54,56-59H2,1-2H3,(H,64,67)/b12-10-,22-20-,55-51+. The molecule has 0 fully saturated rings. The zero-order valence-corrected chi connectivity index (χ0v) is 46.3. The van der Waals surface area contributed by atoms with Crippen LogP contribution in [0.1, 0.15) is 328 Å². The van der Waals surface area contributed by atoms with Crippen LogP contribution in [0.3, 0.4) is 0 Å². The monoisotopic (exact) mass is 970 g/mol. The van der Waals surface area contributed by atoms with Crippen LogP contribution in [0, 0.1) is 0 Å². The Morgan fingerprint density at radius 3 is 1.07 bits per heavy atom. The van der Waals surface area contributed by atoms with Crippen molar-refractivity contribution in [2.75, 3.05) is 13.2 Å². The van der Waals surface area contributed by atoms with Gasteiger partial charge < -0.3 is 20.3 Å². The number of rotatable bonds is 57. The lowest BCUT2D eigenvalue weighted by Gasteiger charge is -2.20. The quantitative estimate of drug-likeness (QED) is 0.0321. The molecule has 0 bridgehead atoms. The second kappa shape index (κ2) is 58.6. The lowest BCUT2D eigenvalue weighted by molar-refractivity contribution is -0.143. The van der Waals surface area contributed by atoms with Crippen LogP contribution >= 0.6 is 0 Å². The Morgan fingerprint density at radius 2 is 0.696 bits per heavy atom. The van der Waals surface area contributed by atoms with Gasteiger partial charge in [-0.1, -0.05) is 275 Å². The average molecular weight is 971 g/mol. The molecule has 0 aliphatic rings. The van der Waals surface area contributed by atoms with Crippen molar-refractivity contribution in [3.63, 3.8) is 0 Å². The molecule has 2 unspecified atom stereocenters. The molecule has 0 aromatic rings. The van der Waals surface area contributed by atoms with Gasteiger partial charge in [0, 0.05) is 12.8 Å². The summed E-state index contributed by atoms with van der Waals surface area (Å²) in [6, 6.07) is -0.631. The van der Waals surface area contributed by atoms with Gasteiger partial charge in [-0.3, -0.25) is 9.59 Å². The van der Waals surface area contributed by atoms with Crippen LogP contribution in [-0.2, 0) is 14.3 Å². The topological polar surface area (TPSA) is 95.9 Å². The van der Waals surface area contributed by atoms with Crippen molar-refractivity contribution in [2.45, 2.75) is 341 Å². The zero-order valence-electron chi connectivity index (χ0n) is 46.3. The smallest absolute Gasteiger partial charge is 0.305 e. The first-order valence-corrected chi connectivity index (χ1v) is 30.8. The number of amides is 1. The predicted octanol–water partition coefficient (Wildman–Crippen LogP) is 19.2. The molecule has 0 aliphatic carbocycles. The minimum absolute atomic E-state index is 0.000810. The molecule has 0 aromatic carbocycles. The second-order valence-electron chi connectivity index (χ2n) is 21.0. The highest BCUT2D eigenvalue weighted by atomic mass is 16.5. The number of allylic oxidation sites excluding steroid dienone is 5. The van der Waals surface area contributed by atoms with E-state index in [1.165, 1.54) is 257 Å². The first kappa shape index (κ1) is 67.1. The molecule has 0 aromatic heterocycles. The normalized spacial score (nSPS) is 12.8. The molecule has 69 heavy (non-hydrogen) atoms. The molecule has 0 rings (SSSR count). The van der Waals surface area contributed by atoms with E-state index in [-0.39, 0.29) is 18.5 Å². The maximum atomic E-state index is 12.5. The van der Waals surface area contributed by atoms with Gasteiger partial charge in [0.15, 0.2) is 0 Å². The summed E-state index contributed by atoms with van der Waals surface area (Å²) in [6.07, 6.45) is 73.3. The second-order valence-corrected chi connectivity index (χ2v) is 21.0. The van der Waals surface area contributed by atoms with E-state index in [2.05, 4.69) is 43.5 Å². The van der Waals surface area contributed by atoms with Crippen molar-refractivity contribution >= 4 is 11.9 Å². The highest BCUT2D eigenvalue weighted by Gasteiger charge is 2.18. The Labute approximate surface area is 430 Å². The molecule has 1 amide bonds. The molecule has 3 N–H and O–H groups in total. The van der Waals surface area contributed by atoms with E-state index in [1.807, 2.05) is 6.08 Å². The molecular formula is C63H119NO5. The van der Waals surface area contributed by atoms with E-state index >= 15 is 0 Å². The first-order valence-electron chi connectivity index (χ1n) is 30.8. The van der Waals surface area contributed by atoms with Crippen molar-refractivity contribution < 1.29 is 24.5 Å². The van der Waals surface area contributed by atoms with Gasteiger partial charge in [0.25, 0.3) is 0 Å². The van der Waals surface area contributed by atoms with Gasteiger partial charge in [0.1, 0.15) is 0 Å². The third-order valence-corrected chi connectivity index (χ3v) is 14.1. The fourth-order valence-electron chi connectivity index (χ4n) is 9.38. The maximum Gasteiger partial charge on any atom is 0.305 e. The van der Waals surface area contributed by atoms with Gasteiger partial charge in [-0.2, -0.15) is 0 Å². The van der Waals surface area contributed by atoms with Crippen molar-refractivity contribution in [1.82, 2.24) is 5.32 Å². The fraction of sp³-hybridized carbons (Fsp3) is 0.873. The van der Waals surface area contributed by atoms with Gasteiger partial charge in [-0.05, 0) is 77.0 Å². The number of hydrogen-bond donors (Lipinski definition) is 3. The number of unbranched alkanes of at least 4 members (excludes halogenated alkanes) is 42. The van der Waals surface area contributed by atoms with Crippen LogP contribution < -0.4 is 5.32 Å². The van der Waals surface area contributed by atoms with Crippen molar-refractivity contribution in [2.24, 2.45) is 0 Å². The first-order chi connectivity index (χ1) is 34.0. The van der Waals surface area contributed by atoms with Crippen molar-refractivity contribution in [1.29, 1.82) is 0 Å². The van der Waals surface area contributed by atoms with Gasteiger partial charge in [-0.15, -0.1) is 0 Å². The lowest BCUT2D eigenvalue weighted by atomic mass is 10.0. The minimum Gasteiger partial charge on any atom is -0.466 e. The molecule has 0 aliphatic heterocycles. The van der Waals surface area contributed by atoms with E-state index in [0.717, 1.165) is 44.9 Å². The molecular weight excluding hydrogens is 851 g/mol. The summed E-state index contributed by atoms with van der Waals surface area (Å²) in [5.74, 6) is -0.0701.